The number of amides is 3. The number of rotatable bonds is 4. The molecule has 1 aliphatic rings. The number of fused-ring (bicyclic) bond motifs is 2. The fourth-order valence-electron chi connectivity index (χ4n) is 3.92. The minimum Gasteiger partial charge on any atom is -0.322 e. The Bertz CT molecular complexity index is 1430. The number of urea groups is 1. The van der Waals surface area contributed by atoms with E-state index in [1.54, 1.807) is 59.2 Å². The molecule has 0 bridgehead atoms. The van der Waals surface area contributed by atoms with Crippen molar-refractivity contribution in [2.45, 2.75) is 19.4 Å². The molecule has 8 heteroatoms. The zero-order valence-electron chi connectivity index (χ0n) is 17.7. The van der Waals surface area contributed by atoms with Gasteiger partial charge in [-0.1, -0.05) is 24.3 Å². The smallest absolute Gasteiger partial charge is 0.322 e. The van der Waals surface area contributed by atoms with E-state index < -0.39 is 0 Å². The average molecular weight is 439 g/mol. The van der Waals surface area contributed by atoms with Crippen LogP contribution in [-0.2, 0) is 13.0 Å². The van der Waals surface area contributed by atoms with E-state index in [1.165, 1.54) is 0 Å². The summed E-state index contributed by atoms with van der Waals surface area (Å²) in [5.74, 6) is 0.433. The van der Waals surface area contributed by atoms with Crippen LogP contribution >= 0.6 is 0 Å². The van der Waals surface area contributed by atoms with Gasteiger partial charge in [0.2, 0.25) is 0 Å². The Morgan fingerprint density at radius 3 is 2.36 bits per heavy atom. The first-order valence-corrected chi connectivity index (χ1v) is 10.6. The molecule has 1 aliphatic heterocycles. The molecule has 3 aromatic carbocycles. The molecule has 0 radical (unpaired) electrons. The molecular formula is C25H21N5O3. The van der Waals surface area contributed by atoms with E-state index in [1.807, 2.05) is 18.2 Å². The van der Waals surface area contributed by atoms with Gasteiger partial charge >= 0.3 is 6.03 Å². The summed E-state index contributed by atoms with van der Waals surface area (Å²) >= 11 is 0. The number of aryl methyl sites for hydroxylation is 1. The molecule has 1 aromatic heterocycles. The van der Waals surface area contributed by atoms with Crippen molar-refractivity contribution in [2.24, 2.45) is 0 Å². The van der Waals surface area contributed by atoms with E-state index in [4.69, 9.17) is 0 Å². The molecule has 0 fully saturated rings. The lowest BCUT2D eigenvalue weighted by Gasteiger charge is -2.10. The van der Waals surface area contributed by atoms with Crippen LogP contribution in [0.25, 0.3) is 10.9 Å². The van der Waals surface area contributed by atoms with Gasteiger partial charge in [-0.15, -0.1) is 0 Å². The number of nitrogens with one attached hydrogen (secondary N) is 3. The Hall–Kier alpha value is -4.46. The van der Waals surface area contributed by atoms with Crippen LogP contribution in [0.2, 0.25) is 0 Å². The summed E-state index contributed by atoms with van der Waals surface area (Å²) in [7, 11) is 0. The molecule has 3 amide bonds. The number of hydrogen-bond donors (Lipinski definition) is 3. The van der Waals surface area contributed by atoms with Gasteiger partial charge in [0.15, 0.2) is 0 Å². The Morgan fingerprint density at radius 1 is 0.818 bits per heavy atom. The van der Waals surface area contributed by atoms with Gasteiger partial charge in [-0.25, -0.2) is 9.78 Å². The van der Waals surface area contributed by atoms with E-state index in [2.05, 4.69) is 20.9 Å². The van der Waals surface area contributed by atoms with Crippen LogP contribution in [0.4, 0.5) is 21.9 Å². The minimum absolute atomic E-state index is 0.0630. The second-order valence-corrected chi connectivity index (χ2v) is 7.80. The zero-order chi connectivity index (χ0) is 22.8. The molecular weight excluding hydrogens is 418 g/mol. The maximum atomic E-state index is 12.8. The lowest BCUT2D eigenvalue weighted by molar-refractivity contribution is 0.102. The maximum Gasteiger partial charge on any atom is 0.323 e. The largest absolute Gasteiger partial charge is 0.323 e. The number of benzene rings is 3. The van der Waals surface area contributed by atoms with Crippen molar-refractivity contribution in [1.82, 2.24) is 9.55 Å². The molecule has 0 unspecified atom stereocenters. The average Bonchev–Trinajstić information content (AvgIpc) is 3.28. The quantitative estimate of drug-likeness (QED) is 0.442. The fourth-order valence-corrected chi connectivity index (χ4v) is 3.92. The molecule has 8 nitrogen and oxygen atoms in total. The van der Waals surface area contributed by atoms with Gasteiger partial charge in [0.1, 0.15) is 5.82 Å². The first-order chi connectivity index (χ1) is 16.1. The molecule has 0 spiro atoms. The molecule has 0 saturated carbocycles. The van der Waals surface area contributed by atoms with Gasteiger partial charge < -0.3 is 16.0 Å². The normalized spacial score (nSPS) is 12.2. The number of anilines is 3. The van der Waals surface area contributed by atoms with Crippen molar-refractivity contribution >= 4 is 39.9 Å². The van der Waals surface area contributed by atoms with Crippen molar-refractivity contribution in [3.8, 4) is 0 Å². The van der Waals surface area contributed by atoms with Crippen molar-refractivity contribution in [3.05, 3.63) is 94.5 Å². The van der Waals surface area contributed by atoms with Gasteiger partial charge in [-0.05, 0) is 55.0 Å². The second-order valence-electron chi connectivity index (χ2n) is 7.80. The summed E-state index contributed by atoms with van der Waals surface area (Å²) in [6, 6.07) is 20.5. The first kappa shape index (κ1) is 20.4. The second kappa shape index (κ2) is 8.58. The third kappa shape index (κ3) is 4.31. The number of carbonyl (C=O) groups is 2. The van der Waals surface area contributed by atoms with Gasteiger partial charge in [-0.3, -0.25) is 14.2 Å². The molecule has 2 heterocycles. The van der Waals surface area contributed by atoms with E-state index in [0.717, 1.165) is 18.7 Å². The van der Waals surface area contributed by atoms with E-state index in [0.29, 0.717) is 40.1 Å². The third-order valence-electron chi connectivity index (χ3n) is 5.49. The topological polar surface area (TPSA) is 105 Å². The molecule has 4 aromatic rings. The van der Waals surface area contributed by atoms with E-state index in [-0.39, 0.29) is 17.5 Å². The molecule has 33 heavy (non-hydrogen) atoms. The molecule has 164 valence electrons. The Balaban J connectivity index is 1.31. The zero-order valence-corrected chi connectivity index (χ0v) is 17.7. The minimum atomic E-state index is -0.385. The van der Waals surface area contributed by atoms with Gasteiger partial charge in [-0.2, -0.15) is 0 Å². The lowest BCUT2D eigenvalue weighted by Crippen LogP contribution is -2.21. The summed E-state index contributed by atoms with van der Waals surface area (Å²) in [6.45, 7) is 0.688. The standard InChI is InChI=1S/C25H21N5O3/c31-23(16-11-12-20-21(14-16)29-22-10-5-13-30(22)24(20)32)26-18-8-4-9-19(15-18)28-25(33)27-17-6-2-1-3-7-17/h1-4,6-9,11-12,14-15H,5,10,13H2,(H,26,31)(H2,27,28,33). The highest BCUT2D eigenvalue weighted by Crippen LogP contribution is 2.19. The molecule has 0 saturated heterocycles. The van der Waals surface area contributed by atoms with Crippen LogP contribution < -0.4 is 21.5 Å². The highest BCUT2D eigenvalue weighted by atomic mass is 16.2. The molecule has 0 atom stereocenters. The monoisotopic (exact) mass is 439 g/mol. The van der Waals surface area contributed by atoms with Crippen molar-refractivity contribution in [2.75, 3.05) is 16.0 Å². The summed E-state index contributed by atoms with van der Waals surface area (Å²) in [4.78, 5) is 42.2. The number of para-hydroxylation sites is 1. The number of aromatic nitrogens is 2. The summed E-state index contributed by atoms with van der Waals surface area (Å²) in [5, 5.41) is 8.83. The van der Waals surface area contributed by atoms with Crippen LogP contribution in [0.1, 0.15) is 22.6 Å². The molecule has 3 N–H and O–H groups in total. The predicted molar refractivity (Wildman–Crippen MR) is 128 cm³/mol. The fraction of sp³-hybridized carbons (Fsp3) is 0.120. The van der Waals surface area contributed by atoms with Crippen LogP contribution in [0.3, 0.4) is 0 Å². The summed E-state index contributed by atoms with van der Waals surface area (Å²) in [6.07, 6.45) is 1.67. The highest BCUT2D eigenvalue weighted by Gasteiger charge is 2.17. The summed E-state index contributed by atoms with van der Waals surface area (Å²) < 4.78 is 1.70. The number of carbonyl (C=O) groups excluding carboxylic acids is 2. The van der Waals surface area contributed by atoms with Crippen LogP contribution in [0.15, 0.2) is 77.6 Å². The van der Waals surface area contributed by atoms with Crippen LogP contribution in [0.5, 0.6) is 0 Å². The van der Waals surface area contributed by atoms with Crippen LogP contribution in [-0.4, -0.2) is 21.5 Å². The van der Waals surface area contributed by atoms with Crippen LogP contribution in [0, 0.1) is 0 Å². The molecule has 5 rings (SSSR count). The van der Waals surface area contributed by atoms with Gasteiger partial charge in [0.05, 0.1) is 10.9 Å². The van der Waals surface area contributed by atoms with Gasteiger partial charge in [0, 0.05) is 35.6 Å². The van der Waals surface area contributed by atoms with Crippen molar-refractivity contribution < 1.29 is 9.59 Å². The highest BCUT2D eigenvalue weighted by molar-refractivity contribution is 6.06. The SMILES string of the molecule is O=C(Nc1ccccc1)Nc1cccc(NC(=O)c2ccc3c(=O)n4c(nc3c2)CCC4)c1. The first-order valence-electron chi connectivity index (χ1n) is 10.6. The maximum absolute atomic E-state index is 12.8. The van der Waals surface area contributed by atoms with E-state index >= 15 is 0 Å². The molecule has 0 aliphatic carbocycles. The number of hydrogen-bond acceptors (Lipinski definition) is 4. The van der Waals surface area contributed by atoms with Crippen molar-refractivity contribution in [1.29, 1.82) is 0 Å². The lowest BCUT2D eigenvalue weighted by atomic mass is 10.1. The Morgan fingerprint density at radius 2 is 1.55 bits per heavy atom. The predicted octanol–water partition coefficient (Wildman–Crippen LogP) is 4.24. The van der Waals surface area contributed by atoms with E-state index in [9.17, 15) is 14.4 Å². The Labute approximate surface area is 189 Å². The van der Waals surface area contributed by atoms with Gasteiger partial charge in [0.25, 0.3) is 11.5 Å². The summed E-state index contributed by atoms with van der Waals surface area (Å²) in [5.41, 5.74) is 2.59. The number of nitrogens with zero attached hydrogens (tertiary/aromatic N) is 2. The third-order valence-corrected chi connectivity index (χ3v) is 5.49. The van der Waals surface area contributed by atoms with Crippen molar-refractivity contribution in [3.63, 3.8) is 0 Å². The Kier molecular flexibility index (Phi) is 5.32.